The van der Waals surface area contributed by atoms with Crippen molar-refractivity contribution in [2.24, 2.45) is 0 Å². The topological polar surface area (TPSA) is 12.5 Å². The molecule has 0 atom stereocenters. The highest BCUT2D eigenvalue weighted by Gasteiger charge is 2.31. The summed E-state index contributed by atoms with van der Waals surface area (Å²) in [5.74, 6) is 1.06. The van der Waals surface area contributed by atoms with Gasteiger partial charge in [0.2, 0.25) is 0 Å². The molecule has 2 aromatic rings. The molecule has 2 nitrogen and oxygen atoms in total. The number of hydrogen-bond donors (Lipinski definition) is 0. The van der Waals surface area contributed by atoms with Gasteiger partial charge in [-0.3, -0.25) is 4.90 Å². The first-order valence-electron chi connectivity index (χ1n) is 8.60. The standard InChI is InChI=1S/C20H22F3NO/c21-20(22,23)18-6-4-5-17(15-18)16-9-11-24(12-10-16)13-14-25-19-7-2-1-3-8-19/h1-8,15-16H,9-14H2. The molecule has 1 saturated heterocycles. The fraction of sp³-hybridized carbons (Fsp3) is 0.400. The smallest absolute Gasteiger partial charge is 0.416 e. The second-order valence-electron chi connectivity index (χ2n) is 6.40. The molecule has 5 heteroatoms. The van der Waals surface area contributed by atoms with Crippen LogP contribution in [0.1, 0.15) is 29.9 Å². The van der Waals surface area contributed by atoms with Gasteiger partial charge in [-0.15, -0.1) is 0 Å². The van der Waals surface area contributed by atoms with Crippen LogP contribution in [0.25, 0.3) is 0 Å². The van der Waals surface area contributed by atoms with Gasteiger partial charge in [0, 0.05) is 6.54 Å². The maximum Gasteiger partial charge on any atom is 0.416 e. The number of rotatable bonds is 5. The largest absolute Gasteiger partial charge is 0.492 e. The summed E-state index contributed by atoms with van der Waals surface area (Å²) in [4.78, 5) is 2.31. The van der Waals surface area contributed by atoms with Gasteiger partial charge in [0.05, 0.1) is 5.56 Å². The minimum absolute atomic E-state index is 0.202. The normalized spacial score (nSPS) is 16.8. The van der Waals surface area contributed by atoms with Gasteiger partial charge in [0.25, 0.3) is 0 Å². The predicted octanol–water partition coefficient (Wildman–Crippen LogP) is 4.96. The molecule has 1 aliphatic heterocycles. The lowest BCUT2D eigenvalue weighted by molar-refractivity contribution is -0.137. The molecule has 1 heterocycles. The quantitative estimate of drug-likeness (QED) is 0.756. The highest BCUT2D eigenvalue weighted by molar-refractivity contribution is 5.28. The lowest BCUT2D eigenvalue weighted by atomic mass is 9.88. The maximum absolute atomic E-state index is 12.9. The number of benzene rings is 2. The molecule has 0 N–H and O–H groups in total. The van der Waals surface area contributed by atoms with Crippen LogP contribution in [0.2, 0.25) is 0 Å². The number of alkyl halides is 3. The van der Waals surface area contributed by atoms with Crippen LogP contribution < -0.4 is 4.74 Å². The van der Waals surface area contributed by atoms with E-state index >= 15 is 0 Å². The highest BCUT2D eigenvalue weighted by Crippen LogP contribution is 2.34. The number of halogens is 3. The number of likely N-dealkylation sites (tertiary alicyclic amines) is 1. The Labute approximate surface area is 146 Å². The van der Waals surface area contributed by atoms with Crippen LogP contribution in [-0.4, -0.2) is 31.1 Å². The molecule has 3 rings (SSSR count). The Morgan fingerprint density at radius 1 is 0.960 bits per heavy atom. The van der Waals surface area contributed by atoms with E-state index in [0.29, 0.717) is 6.61 Å². The van der Waals surface area contributed by atoms with Crippen molar-refractivity contribution in [3.8, 4) is 5.75 Å². The molecular weight excluding hydrogens is 327 g/mol. The fourth-order valence-electron chi connectivity index (χ4n) is 3.27. The van der Waals surface area contributed by atoms with Gasteiger partial charge in [-0.05, 0) is 55.6 Å². The van der Waals surface area contributed by atoms with E-state index in [-0.39, 0.29) is 5.92 Å². The Kier molecular flexibility index (Phi) is 5.63. The van der Waals surface area contributed by atoms with E-state index in [9.17, 15) is 13.2 Å². The monoisotopic (exact) mass is 349 g/mol. The molecule has 1 fully saturated rings. The third kappa shape index (κ3) is 4.98. The molecule has 0 aromatic heterocycles. The lowest BCUT2D eigenvalue weighted by Gasteiger charge is -2.32. The van der Waals surface area contributed by atoms with E-state index < -0.39 is 11.7 Å². The molecule has 0 saturated carbocycles. The summed E-state index contributed by atoms with van der Waals surface area (Å²) in [5.41, 5.74) is 0.249. The van der Waals surface area contributed by atoms with E-state index in [1.54, 1.807) is 0 Å². The highest BCUT2D eigenvalue weighted by atomic mass is 19.4. The van der Waals surface area contributed by atoms with Crippen molar-refractivity contribution in [3.05, 3.63) is 65.7 Å². The van der Waals surface area contributed by atoms with E-state index in [2.05, 4.69) is 4.90 Å². The molecule has 0 amide bonds. The van der Waals surface area contributed by atoms with Crippen LogP contribution >= 0.6 is 0 Å². The number of hydrogen-bond acceptors (Lipinski definition) is 2. The van der Waals surface area contributed by atoms with Gasteiger partial charge in [-0.1, -0.05) is 36.4 Å². The average molecular weight is 349 g/mol. The summed E-state index contributed by atoms with van der Waals surface area (Å²) >= 11 is 0. The van der Waals surface area contributed by atoms with Crippen LogP contribution in [0.15, 0.2) is 54.6 Å². The summed E-state index contributed by atoms with van der Waals surface area (Å²) in [6, 6.07) is 15.5. The summed E-state index contributed by atoms with van der Waals surface area (Å²) in [7, 11) is 0. The molecule has 1 aliphatic rings. The number of piperidine rings is 1. The zero-order valence-electron chi connectivity index (χ0n) is 14.0. The Balaban J connectivity index is 1.47. The van der Waals surface area contributed by atoms with Crippen molar-refractivity contribution in [1.29, 1.82) is 0 Å². The number of nitrogens with zero attached hydrogens (tertiary/aromatic N) is 1. The molecule has 2 aromatic carbocycles. The summed E-state index contributed by atoms with van der Waals surface area (Å²) < 4.78 is 44.3. The first-order chi connectivity index (χ1) is 12.0. The van der Waals surface area contributed by atoms with Crippen molar-refractivity contribution < 1.29 is 17.9 Å². The van der Waals surface area contributed by atoms with Crippen LogP contribution in [0.4, 0.5) is 13.2 Å². The Morgan fingerprint density at radius 3 is 2.36 bits per heavy atom. The van der Waals surface area contributed by atoms with Crippen LogP contribution in [0.5, 0.6) is 5.75 Å². The van der Waals surface area contributed by atoms with Crippen molar-refractivity contribution in [3.63, 3.8) is 0 Å². The molecule has 0 bridgehead atoms. The molecular formula is C20H22F3NO. The minimum Gasteiger partial charge on any atom is -0.492 e. The third-order valence-corrected chi connectivity index (χ3v) is 4.69. The van der Waals surface area contributed by atoms with Crippen LogP contribution in [-0.2, 0) is 6.18 Å². The molecule has 0 unspecified atom stereocenters. The maximum atomic E-state index is 12.9. The van der Waals surface area contributed by atoms with Crippen molar-refractivity contribution in [2.45, 2.75) is 24.9 Å². The van der Waals surface area contributed by atoms with Gasteiger partial charge < -0.3 is 4.74 Å². The van der Waals surface area contributed by atoms with Gasteiger partial charge in [0.1, 0.15) is 12.4 Å². The molecule has 0 spiro atoms. The predicted molar refractivity (Wildman–Crippen MR) is 91.8 cm³/mol. The van der Waals surface area contributed by atoms with Crippen LogP contribution in [0, 0.1) is 0 Å². The Bertz CT molecular complexity index is 664. The number of para-hydroxylation sites is 1. The fourth-order valence-corrected chi connectivity index (χ4v) is 3.27. The SMILES string of the molecule is FC(F)(F)c1cccc(C2CCN(CCOc3ccccc3)CC2)c1. The lowest BCUT2D eigenvalue weighted by Crippen LogP contribution is -2.35. The van der Waals surface area contributed by atoms with Gasteiger partial charge >= 0.3 is 6.18 Å². The average Bonchev–Trinajstić information content (AvgIpc) is 2.63. The van der Waals surface area contributed by atoms with Crippen molar-refractivity contribution in [1.82, 2.24) is 4.90 Å². The van der Waals surface area contributed by atoms with E-state index in [1.165, 1.54) is 12.1 Å². The van der Waals surface area contributed by atoms with Gasteiger partial charge in [-0.2, -0.15) is 13.2 Å². The van der Waals surface area contributed by atoms with E-state index in [1.807, 2.05) is 36.4 Å². The van der Waals surface area contributed by atoms with Gasteiger partial charge in [0.15, 0.2) is 0 Å². The third-order valence-electron chi connectivity index (χ3n) is 4.69. The Hall–Kier alpha value is -2.01. The summed E-state index contributed by atoms with van der Waals surface area (Å²) in [5, 5.41) is 0. The summed E-state index contributed by atoms with van der Waals surface area (Å²) in [6.07, 6.45) is -2.51. The second-order valence-corrected chi connectivity index (χ2v) is 6.40. The van der Waals surface area contributed by atoms with Crippen molar-refractivity contribution >= 4 is 0 Å². The first kappa shape index (κ1) is 17.8. The second kappa shape index (κ2) is 7.91. The summed E-state index contributed by atoms with van der Waals surface area (Å²) in [6.45, 7) is 3.24. The van der Waals surface area contributed by atoms with Crippen molar-refractivity contribution in [2.75, 3.05) is 26.2 Å². The number of ether oxygens (including phenoxy) is 1. The first-order valence-corrected chi connectivity index (χ1v) is 8.60. The molecule has 134 valence electrons. The molecule has 0 aliphatic carbocycles. The zero-order valence-corrected chi connectivity index (χ0v) is 14.0. The molecule has 0 radical (unpaired) electrons. The van der Waals surface area contributed by atoms with Crippen LogP contribution in [0.3, 0.4) is 0 Å². The minimum atomic E-state index is -4.27. The molecule has 25 heavy (non-hydrogen) atoms. The van der Waals surface area contributed by atoms with E-state index in [0.717, 1.165) is 49.9 Å². The Morgan fingerprint density at radius 2 is 1.68 bits per heavy atom. The zero-order chi connectivity index (χ0) is 17.7. The van der Waals surface area contributed by atoms with E-state index in [4.69, 9.17) is 4.74 Å². The van der Waals surface area contributed by atoms with Gasteiger partial charge in [-0.25, -0.2) is 0 Å².